The average Bonchev–Trinajstić information content (AvgIpc) is 2.15. The first-order chi connectivity index (χ1) is 6.68. The zero-order valence-electron chi connectivity index (χ0n) is 10.3. The van der Waals surface area contributed by atoms with E-state index in [-0.39, 0.29) is 51.4 Å². The standard InChI is InChI=1S/C12H20NO.K/c1-11(2)5-4-10-14-12-6-8-13(3)9-7-12;/h11-12H,3,6-10H2,1-2H3;/q-1;+1. The van der Waals surface area contributed by atoms with Crippen molar-refractivity contribution in [1.29, 1.82) is 0 Å². The second-order valence-corrected chi connectivity index (χ2v) is 4.10. The molecule has 0 aliphatic carbocycles. The fraction of sp³-hybridized carbons (Fsp3) is 0.750. The molecule has 0 unspecified atom stereocenters. The van der Waals surface area contributed by atoms with E-state index in [1.54, 1.807) is 0 Å². The fourth-order valence-electron chi connectivity index (χ4n) is 1.48. The van der Waals surface area contributed by atoms with Crippen molar-refractivity contribution in [3.63, 3.8) is 0 Å². The molecule has 1 aliphatic heterocycles. The van der Waals surface area contributed by atoms with E-state index in [9.17, 15) is 0 Å². The smallest absolute Gasteiger partial charge is 0.459 e. The van der Waals surface area contributed by atoms with Gasteiger partial charge in [-0.3, -0.25) is 7.05 Å². The third kappa shape index (κ3) is 7.92. The molecule has 0 atom stereocenters. The van der Waals surface area contributed by atoms with E-state index in [0.717, 1.165) is 25.9 Å². The zero-order chi connectivity index (χ0) is 10.4. The van der Waals surface area contributed by atoms with Gasteiger partial charge in [0.15, 0.2) is 0 Å². The molecule has 2 nitrogen and oxygen atoms in total. The van der Waals surface area contributed by atoms with Crippen molar-refractivity contribution < 1.29 is 56.1 Å². The molecule has 1 saturated heterocycles. The third-order valence-corrected chi connectivity index (χ3v) is 2.32. The predicted molar refractivity (Wildman–Crippen MR) is 58.5 cm³/mol. The Labute approximate surface area is 137 Å². The SMILES string of the molecule is [CH2-]N1CCC(OCC#CC(C)C)CC1.[K+]. The van der Waals surface area contributed by atoms with E-state index < -0.39 is 0 Å². The quantitative estimate of drug-likeness (QED) is 0.342. The molecule has 1 rings (SSSR count). The van der Waals surface area contributed by atoms with Gasteiger partial charge in [-0.15, -0.1) is 0 Å². The van der Waals surface area contributed by atoms with Crippen LogP contribution < -0.4 is 51.4 Å². The molecule has 0 saturated carbocycles. The molecule has 0 bridgehead atoms. The van der Waals surface area contributed by atoms with E-state index in [0.29, 0.717) is 18.6 Å². The number of hydrogen-bond acceptors (Lipinski definition) is 2. The van der Waals surface area contributed by atoms with Crippen LogP contribution >= 0.6 is 0 Å². The summed E-state index contributed by atoms with van der Waals surface area (Å²) in [6.07, 6.45) is 2.58. The Balaban J connectivity index is 0.00000196. The van der Waals surface area contributed by atoms with E-state index in [1.807, 2.05) is 0 Å². The van der Waals surface area contributed by atoms with Gasteiger partial charge in [0.1, 0.15) is 6.61 Å². The van der Waals surface area contributed by atoms with Crippen LogP contribution in [0.15, 0.2) is 0 Å². The Morgan fingerprint density at radius 2 is 2.00 bits per heavy atom. The van der Waals surface area contributed by atoms with Gasteiger partial charge in [0, 0.05) is 5.92 Å². The van der Waals surface area contributed by atoms with E-state index in [4.69, 9.17) is 4.74 Å². The molecule has 3 heteroatoms. The summed E-state index contributed by atoms with van der Waals surface area (Å²) >= 11 is 0. The van der Waals surface area contributed by atoms with Crippen LogP contribution in [0.4, 0.5) is 0 Å². The van der Waals surface area contributed by atoms with Gasteiger partial charge in [0.25, 0.3) is 0 Å². The molecule has 0 amide bonds. The minimum Gasteiger partial charge on any atom is -0.459 e. The van der Waals surface area contributed by atoms with Crippen molar-refractivity contribution in [3.8, 4) is 11.8 Å². The maximum Gasteiger partial charge on any atom is 1.00 e. The first-order valence-corrected chi connectivity index (χ1v) is 5.34. The summed E-state index contributed by atoms with van der Waals surface area (Å²) in [6, 6.07) is 0. The normalized spacial score (nSPS) is 18.1. The van der Waals surface area contributed by atoms with E-state index in [2.05, 4.69) is 37.6 Å². The number of hydrogen-bond donors (Lipinski definition) is 0. The third-order valence-electron chi connectivity index (χ3n) is 2.32. The molecule has 1 heterocycles. The van der Waals surface area contributed by atoms with Gasteiger partial charge in [0.2, 0.25) is 0 Å². The van der Waals surface area contributed by atoms with Crippen LogP contribution in [0.5, 0.6) is 0 Å². The fourth-order valence-corrected chi connectivity index (χ4v) is 1.48. The van der Waals surface area contributed by atoms with Crippen LogP contribution in [0, 0.1) is 24.8 Å². The molecule has 1 fully saturated rings. The number of piperidine rings is 1. The molecular weight excluding hydrogens is 213 g/mol. The van der Waals surface area contributed by atoms with Gasteiger partial charge >= 0.3 is 51.4 Å². The molecule has 0 aromatic heterocycles. The van der Waals surface area contributed by atoms with Crippen molar-refractivity contribution >= 4 is 0 Å². The summed E-state index contributed by atoms with van der Waals surface area (Å²) in [6.45, 7) is 6.85. The summed E-state index contributed by atoms with van der Waals surface area (Å²) in [5.74, 6) is 6.58. The molecule has 0 spiro atoms. The van der Waals surface area contributed by atoms with Crippen LogP contribution in [0.1, 0.15) is 26.7 Å². The first kappa shape index (κ1) is 16.1. The summed E-state index contributed by atoms with van der Waals surface area (Å²) in [4.78, 5) is 2.10. The molecule has 1 aliphatic rings. The summed E-state index contributed by atoms with van der Waals surface area (Å²) in [5.41, 5.74) is 0. The number of likely N-dealkylation sites (tertiary alicyclic amines) is 1. The topological polar surface area (TPSA) is 12.5 Å². The average molecular weight is 233 g/mol. The van der Waals surface area contributed by atoms with Gasteiger partial charge < -0.3 is 9.64 Å². The van der Waals surface area contributed by atoms with Crippen LogP contribution in [-0.4, -0.2) is 30.7 Å². The molecule has 0 N–H and O–H groups in total. The Kier molecular flexibility index (Phi) is 9.86. The Hall–Kier alpha value is 1.12. The van der Waals surface area contributed by atoms with Crippen molar-refractivity contribution in [3.05, 3.63) is 7.05 Å². The minimum atomic E-state index is 0. The molecular formula is C12H20KNO. The molecule has 15 heavy (non-hydrogen) atoms. The van der Waals surface area contributed by atoms with Gasteiger partial charge in [-0.2, -0.15) is 0 Å². The summed E-state index contributed by atoms with van der Waals surface area (Å²) in [5, 5.41) is 0. The Morgan fingerprint density at radius 3 is 2.53 bits per heavy atom. The predicted octanol–water partition coefficient (Wildman–Crippen LogP) is -1.08. The minimum absolute atomic E-state index is 0. The zero-order valence-corrected chi connectivity index (χ0v) is 13.4. The van der Waals surface area contributed by atoms with E-state index in [1.165, 1.54) is 0 Å². The van der Waals surface area contributed by atoms with Crippen molar-refractivity contribution in [1.82, 2.24) is 4.90 Å². The molecule has 0 aromatic rings. The van der Waals surface area contributed by atoms with Gasteiger partial charge in [-0.05, 0) is 25.9 Å². The Morgan fingerprint density at radius 1 is 1.40 bits per heavy atom. The maximum absolute atomic E-state index is 5.65. The van der Waals surface area contributed by atoms with Crippen LogP contribution in [-0.2, 0) is 4.74 Å². The largest absolute Gasteiger partial charge is 1.00 e. The Bertz CT molecular complexity index is 211. The van der Waals surface area contributed by atoms with E-state index >= 15 is 0 Å². The van der Waals surface area contributed by atoms with Crippen molar-refractivity contribution in [2.45, 2.75) is 32.8 Å². The summed E-state index contributed by atoms with van der Waals surface area (Å²) in [7, 11) is 3.90. The van der Waals surface area contributed by atoms with Crippen molar-refractivity contribution in [2.75, 3.05) is 19.7 Å². The number of nitrogens with zero attached hydrogens (tertiary/aromatic N) is 1. The van der Waals surface area contributed by atoms with Gasteiger partial charge in [-0.25, -0.2) is 0 Å². The molecule has 0 radical (unpaired) electrons. The van der Waals surface area contributed by atoms with Crippen molar-refractivity contribution in [2.24, 2.45) is 5.92 Å². The second-order valence-electron chi connectivity index (χ2n) is 4.10. The number of ether oxygens (including phenoxy) is 1. The van der Waals surface area contributed by atoms with Crippen LogP contribution in [0.3, 0.4) is 0 Å². The van der Waals surface area contributed by atoms with Gasteiger partial charge in [-0.1, -0.05) is 25.7 Å². The van der Waals surface area contributed by atoms with Crippen LogP contribution in [0.25, 0.3) is 0 Å². The molecule has 0 aromatic carbocycles. The summed E-state index contributed by atoms with van der Waals surface area (Å²) < 4.78 is 5.65. The van der Waals surface area contributed by atoms with Crippen LogP contribution in [0.2, 0.25) is 0 Å². The second kappa shape index (κ2) is 9.18. The number of rotatable bonds is 2. The monoisotopic (exact) mass is 233 g/mol. The van der Waals surface area contributed by atoms with Gasteiger partial charge in [0.05, 0.1) is 6.10 Å². The maximum atomic E-state index is 5.65. The first-order valence-electron chi connectivity index (χ1n) is 5.34. The molecule has 80 valence electrons.